The molecule has 2 nitrogen and oxygen atoms in total. The first-order valence-corrected chi connectivity index (χ1v) is 2.81. The van der Waals surface area contributed by atoms with Crippen LogP contribution in [0.4, 0.5) is 0 Å². The minimum atomic E-state index is -0.398. The van der Waals surface area contributed by atoms with Crippen molar-refractivity contribution < 1.29 is 9.53 Å². The maximum atomic E-state index is 10.5. The van der Waals surface area contributed by atoms with E-state index in [1.807, 2.05) is 20.8 Å². The van der Waals surface area contributed by atoms with Gasteiger partial charge in [0.2, 0.25) is 0 Å². The van der Waals surface area contributed by atoms with Gasteiger partial charge in [0.1, 0.15) is 5.60 Å². The highest BCUT2D eigenvalue weighted by Gasteiger charge is 2.12. The number of carbonyl (C=O) groups excluding carboxylic acids is 1. The number of rotatable bonds is 1. The molecule has 60 valence electrons. The Morgan fingerprint density at radius 2 is 1.90 bits per heavy atom. The van der Waals surface area contributed by atoms with Crippen molar-refractivity contribution in [3.8, 4) is 0 Å². The van der Waals surface area contributed by atoms with Gasteiger partial charge in [-0.25, -0.2) is 4.79 Å². The molecule has 0 aliphatic carbocycles. The van der Waals surface area contributed by atoms with E-state index in [1.54, 1.807) is 0 Å². The second kappa shape index (κ2) is 4.09. The Balaban J connectivity index is 0. The summed E-state index contributed by atoms with van der Waals surface area (Å²) in [5, 5.41) is 0. The molecule has 0 rings (SSSR count). The molecule has 2 heteroatoms. The van der Waals surface area contributed by atoms with Crippen LogP contribution < -0.4 is 0 Å². The number of hydrogen-bond acceptors (Lipinski definition) is 2. The highest BCUT2D eigenvalue weighted by molar-refractivity contribution is 5.81. The molecule has 0 saturated carbocycles. The van der Waals surface area contributed by atoms with Crippen molar-refractivity contribution in [1.82, 2.24) is 0 Å². The minimum absolute atomic E-state index is 0. The van der Waals surface area contributed by atoms with Crippen molar-refractivity contribution in [3.05, 3.63) is 12.7 Å². The van der Waals surface area contributed by atoms with Crippen molar-refractivity contribution in [2.45, 2.75) is 33.8 Å². The van der Waals surface area contributed by atoms with Crippen LogP contribution in [-0.4, -0.2) is 11.6 Å². The SMILES string of the molecule is C.C=CC(=O)OC(C)(C)C. The molecule has 0 N–H and O–H groups in total. The second-order valence-electron chi connectivity index (χ2n) is 2.74. The molecule has 0 aromatic carbocycles. The normalized spacial score (nSPS) is 9.50. The fraction of sp³-hybridized carbons (Fsp3) is 0.625. The zero-order valence-electron chi connectivity index (χ0n) is 6.10. The van der Waals surface area contributed by atoms with Gasteiger partial charge in [-0.05, 0) is 20.8 Å². The largest absolute Gasteiger partial charge is 0.457 e. The van der Waals surface area contributed by atoms with E-state index in [0.717, 1.165) is 6.08 Å². The number of ether oxygens (including phenoxy) is 1. The fourth-order valence-corrected chi connectivity index (χ4v) is 0.343. The molecule has 0 heterocycles. The van der Waals surface area contributed by atoms with Gasteiger partial charge in [0.05, 0.1) is 0 Å². The molecule has 0 fully saturated rings. The fourth-order valence-electron chi connectivity index (χ4n) is 0.343. The number of carbonyl (C=O) groups is 1. The Kier molecular flexibility index (Phi) is 4.89. The van der Waals surface area contributed by atoms with Gasteiger partial charge >= 0.3 is 5.97 Å². The van der Waals surface area contributed by atoms with Crippen molar-refractivity contribution in [2.24, 2.45) is 0 Å². The molecule has 0 aromatic rings. The lowest BCUT2D eigenvalue weighted by atomic mass is 10.2. The van der Waals surface area contributed by atoms with Crippen LogP contribution in [0, 0.1) is 0 Å². The molecule has 0 unspecified atom stereocenters. The Labute approximate surface area is 62.9 Å². The van der Waals surface area contributed by atoms with Crippen LogP contribution in [0.3, 0.4) is 0 Å². The molecular formula is C8H16O2. The van der Waals surface area contributed by atoms with E-state index in [9.17, 15) is 4.79 Å². The first kappa shape index (κ1) is 11.9. The van der Waals surface area contributed by atoms with E-state index >= 15 is 0 Å². The third-order valence-electron chi connectivity index (χ3n) is 0.573. The zero-order valence-corrected chi connectivity index (χ0v) is 6.10. The van der Waals surface area contributed by atoms with Crippen LogP contribution in [-0.2, 0) is 9.53 Å². The van der Waals surface area contributed by atoms with Crippen LogP contribution in [0.1, 0.15) is 28.2 Å². The van der Waals surface area contributed by atoms with Gasteiger partial charge in [0, 0.05) is 6.08 Å². The summed E-state index contributed by atoms with van der Waals surface area (Å²) in [4.78, 5) is 10.5. The van der Waals surface area contributed by atoms with E-state index in [-0.39, 0.29) is 13.4 Å². The molecule has 0 amide bonds. The Morgan fingerprint density at radius 1 is 1.50 bits per heavy atom. The van der Waals surface area contributed by atoms with Gasteiger partial charge in [-0.1, -0.05) is 14.0 Å². The van der Waals surface area contributed by atoms with Gasteiger partial charge in [0.25, 0.3) is 0 Å². The summed E-state index contributed by atoms with van der Waals surface area (Å²) in [5.41, 5.74) is -0.398. The molecular weight excluding hydrogens is 128 g/mol. The third kappa shape index (κ3) is 7.21. The predicted octanol–water partition coefficient (Wildman–Crippen LogP) is 2.15. The zero-order chi connectivity index (χ0) is 7.49. The van der Waals surface area contributed by atoms with Crippen LogP contribution in [0.15, 0.2) is 12.7 Å². The van der Waals surface area contributed by atoms with Crippen molar-refractivity contribution >= 4 is 5.97 Å². The summed E-state index contributed by atoms with van der Waals surface area (Å²) in [6, 6.07) is 0. The van der Waals surface area contributed by atoms with E-state index in [2.05, 4.69) is 6.58 Å². The quantitative estimate of drug-likeness (QED) is 0.416. The monoisotopic (exact) mass is 144 g/mol. The first-order valence-electron chi connectivity index (χ1n) is 2.81. The average molecular weight is 144 g/mol. The maximum absolute atomic E-state index is 10.5. The van der Waals surface area contributed by atoms with E-state index < -0.39 is 5.60 Å². The van der Waals surface area contributed by atoms with Gasteiger partial charge < -0.3 is 4.74 Å². The summed E-state index contributed by atoms with van der Waals surface area (Å²) in [5.74, 6) is -0.373. The van der Waals surface area contributed by atoms with Gasteiger partial charge in [-0.2, -0.15) is 0 Å². The predicted molar refractivity (Wildman–Crippen MR) is 42.8 cm³/mol. The van der Waals surface area contributed by atoms with E-state index in [0.29, 0.717) is 0 Å². The van der Waals surface area contributed by atoms with E-state index in [1.165, 1.54) is 0 Å². The molecule has 0 aromatic heterocycles. The van der Waals surface area contributed by atoms with Gasteiger partial charge in [0.15, 0.2) is 0 Å². The molecule has 0 radical (unpaired) electrons. The molecule has 0 aliphatic rings. The molecule has 0 aliphatic heterocycles. The average Bonchev–Trinajstić information content (AvgIpc) is 1.62. The lowest BCUT2D eigenvalue weighted by Crippen LogP contribution is -2.22. The Hall–Kier alpha value is -0.790. The summed E-state index contributed by atoms with van der Waals surface area (Å²) in [7, 11) is 0. The lowest BCUT2D eigenvalue weighted by Gasteiger charge is -2.17. The maximum Gasteiger partial charge on any atom is 0.330 e. The summed E-state index contributed by atoms with van der Waals surface area (Å²) >= 11 is 0. The van der Waals surface area contributed by atoms with Crippen LogP contribution in [0.5, 0.6) is 0 Å². The van der Waals surface area contributed by atoms with Gasteiger partial charge in [-0.3, -0.25) is 0 Å². The molecule has 0 atom stereocenters. The molecule has 10 heavy (non-hydrogen) atoms. The Bertz CT molecular complexity index is 120. The summed E-state index contributed by atoms with van der Waals surface area (Å²) in [6.07, 6.45) is 1.16. The topological polar surface area (TPSA) is 26.3 Å². The summed E-state index contributed by atoms with van der Waals surface area (Å²) < 4.78 is 4.83. The summed E-state index contributed by atoms with van der Waals surface area (Å²) in [6.45, 7) is 8.71. The minimum Gasteiger partial charge on any atom is -0.457 e. The highest BCUT2D eigenvalue weighted by Crippen LogP contribution is 2.06. The lowest BCUT2D eigenvalue weighted by molar-refractivity contribution is -0.148. The highest BCUT2D eigenvalue weighted by atomic mass is 16.6. The van der Waals surface area contributed by atoms with Crippen LogP contribution >= 0.6 is 0 Å². The smallest absolute Gasteiger partial charge is 0.330 e. The van der Waals surface area contributed by atoms with Gasteiger partial charge in [-0.15, -0.1) is 0 Å². The van der Waals surface area contributed by atoms with Crippen LogP contribution in [0.2, 0.25) is 0 Å². The number of hydrogen-bond donors (Lipinski definition) is 0. The van der Waals surface area contributed by atoms with Crippen molar-refractivity contribution in [3.63, 3.8) is 0 Å². The third-order valence-corrected chi connectivity index (χ3v) is 0.573. The second-order valence-corrected chi connectivity index (χ2v) is 2.74. The Morgan fingerprint density at radius 3 is 2.00 bits per heavy atom. The van der Waals surface area contributed by atoms with Crippen LogP contribution in [0.25, 0.3) is 0 Å². The molecule has 0 spiro atoms. The first-order chi connectivity index (χ1) is 3.95. The number of esters is 1. The molecule has 0 saturated heterocycles. The van der Waals surface area contributed by atoms with Crippen molar-refractivity contribution in [2.75, 3.05) is 0 Å². The molecule has 0 bridgehead atoms. The standard InChI is InChI=1S/C7H12O2.CH4/c1-5-6(8)9-7(2,3)4;/h5H,1H2,2-4H3;1H4. The van der Waals surface area contributed by atoms with E-state index in [4.69, 9.17) is 4.74 Å². The van der Waals surface area contributed by atoms with Crippen molar-refractivity contribution in [1.29, 1.82) is 0 Å².